The van der Waals surface area contributed by atoms with Gasteiger partial charge < -0.3 is 10.2 Å². The molecular weight excluding hydrogens is 340 g/mol. The predicted octanol–water partition coefficient (Wildman–Crippen LogP) is 0.809. The van der Waals surface area contributed by atoms with E-state index in [2.05, 4.69) is 20.4 Å². The van der Waals surface area contributed by atoms with Crippen LogP contribution in [0.25, 0.3) is 5.69 Å². The van der Waals surface area contributed by atoms with E-state index < -0.39 is 0 Å². The van der Waals surface area contributed by atoms with Gasteiger partial charge in [-0.3, -0.25) is 9.69 Å². The first-order chi connectivity index (χ1) is 11.8. The Hall–Kier alpha value is -1.96. The van der Waals surface area contributed by atoms with Crippen molar-refractivity contribution in [2.45, 2.75) is 12.5 Å². The van der Waals surface area contributed by atoms with Crippen molar-refractivity contribution in [3.63, 3.8) is 0 Å². The van der Waals surface area contributed by atoms with Crippen LogP contribution in [0.15, 0.2) is 36.5 Å². The molecule has 7 nitrogen and oxygen atoms in total. The van der Waals surface area contributed by atoms with Gasteiger partial charge in [0, 0.05) is 38.8 Å². The first kappa shape index (κ1) is 17.8. The van der Waals surface area contributed by atoms with E-state index in [4.69, 9.17) is 0 Å². The topological polar surface area (TPSA) is 66.3 Å². The Labute approximate surface area is 153 Å². The summed E-state index contributed by atoms with van der Waals surface area (Å²) in [6, 6.07) is 10.3. The summed E-state index contributed by atoms with van der Waals surface area (Å²) in [4.78, 5) is 18.5. The zero-order valence-corrected chi connectivity index (χ0v) is 14.9. The zero-order chi connectivity index (χ0) is 16.4. The lowest BCUT2D eigenvalue weighted by molar-refractivity contribution is 0.0578. The summed E-state index contributed by atoms with van der Waals surface area (Å²) in [6.45, 7) is 5.56. The lowest BCUT2D eigenvalue weighted by Crippen LogP contribution is -2.52. The van der Waals surface area contributed by atoms with Gasteiger partial charge in [0.1, 0.15) is 0 Å². The summed E-state index contributed by atoms with van der Waals surface area (Å²) in [5, 5.41) is 12.0. The second kappa shape index (κ2) is 7.95. The number of aromatic nitrogens is 3. The highest BCUT2D eigenvalue weighted by Gasteiger charge is 2.29. The Balaban J connectivity index is 0.00000182. The summed E-state index contributed by atoms with van der Waals surface area (Å²) in [6.07, 6.45) is 2.77. The SMILES string of the molecule is Cl.O=C(c1cnn(-c2ccccc2)n1)N1CCN(C2CCNC2)CC1. The van der Waals surface area contributed by atoms with E-state index >= 15 is 0 Å². The van der Waals surface area contributed by atoms with Crippen molar-refractivity contribution in [2.75, 3.05) is 39.3 Å². The summed E-state index contributed by atoms with van der Waals surface area (Å²) in [5.41, 5.74) is 1.27. The number of para-hydroxylation sites is 1. The van der Waals surface area contributed by atoms with Gasteiger partial charge in [0.25, 0.3) is 5.91 Å². The molecule has 2 saturated heterocycles. The fourth-order valence-electron chi connectivity index (χ4n) is 3.45. The molecule has 25 heavy (non-hydrogen) atoms. The van der Waals surface area contributed by atoms with Gasteiger partial charge in [-0.25, -0.2) is 0 Å². The van der Waals surface area contributed by atoms with Crippen LogP contribution < -0.4 is 5.32 Å². The number of nitrogens with one attached hydrogen (secondary N) is 1. The van der Waals surface area contributed by atoms with Crippen LogP contribution in [-0.4, -0.2) is 76.0 Å². The minimum atomic E-state index is -0.0265. The first-order valence-electron chi connectivity index (χ1n) is 8.53. The quantitative estimate of drug-likeness (QED) is 0.875. The number of nitrogens with zero attached hydrogens (tertiary/aromatic N) is 5. The van der Waals surface area contributed by atoms with Crippen LogP contribution in [0, 0.1) is 0 Å². The van der Waals surface area contributed by atoms with Crippen LogP contribution in [0.1, 0.15) is 16.9 Å². The number of carbonyl (C=O) groups excluding carboxylic acids is 1. The fraction of sp³-hybridized carbons (Fsp3) is 0.471. The van der Waals surface area contributed by atoms with Crippen molar-refractivity contribution >= 4 is 18.3 Å². The molecule has 0 saturated carbocycles. The van der Waals surface area contributed by atoms with Crippen molar-refractivity contribution in [1.29, 1.82) is 0 Å². The van der Waals surface area contributed by atoms with Gasteiger partial charge >= 0.3 is 0 Å². The van der Waals surface area contributed by atoms with Crippen molar-refractivity contribution < 1.29 is 4.79 Å². The summed E-state index contributed by atoms with van der Waals surface area (Å²) in [7, 11) is 0. The highest BCUT2D eigenvalue weighted by atomic mass is 35.5. The second-order valence-corrected chi connectivity index (χ2v) is 6.33. The van der Waals surface area contributed by atoms with E-state index in [9.17, 15) is 4.79 Å². The van der Waals surface area contributed by atoms with Crippen LogP contribution in [0.3, 0.4) is 0 Å². The average Bonchev–Trinajstić information content (AvgIpc) is 3.34. The molecule has 1 aromatic carbocycles. The Kier molecular flexibility index (Phi) is 5.67. The van der Waals surface area contributed by atoms with E-state index in [0.717, 1.165) is 45.0 Å². The molecule has 4 rings (SSSR count). The largest absolute Gasteiger partial charge is 0.335 e. The van der Waals surface area contributed by atoms with Gasteiger partial charge in [-0.15, -0.1) is 17.5 Å². The molecule has 2 aliphatic heterocycles. The molecule has 2 aromatic rings. The van der Waals surface area contributed by atoms with Crippen LogP contribution in [-0.2, 0) is 0 Å². The van der Waals surface area contributed by atoms with Crippen molar-refractivity contribution in [3.8, 4) is 5.69 Å². The van der Waals surface area contributed by atoms with Crippen molar-refractivity contribution in [2.24, 2.45) is 0 Å². The summed E-state index contributed by atoms with van der Waals surface area (Å²) >= 11 is 0. The van der Waals surface area contributed by atoms with E-state index in [0.29, 0.717) is 11.7 Å². The molecule has 0 aliphatic carbocycles. The van der Waals surface area contributed by atoms with Crippen LogP contribution in [0.5, 0.6) is 0 Å². The average molecular weight is 363 g/mol. The smallest absolute Gasteiger partial charge is 0.276 e. The standard InChI is InChI=1S/C17H22N6O.ClH/c24-17(16-13-19-23(20-16)14-4-2-1-3-5-14)22-10-8-21(9-11-22)15-6-7-18-12-15;/h1-5,13,15,18H,6-12H2;1H. The molecule has 2 aliphatic rings. The van der Waals surface area contributed by atoms with Crippen LogP contribution in [0.4, 0.5) is 0 Å². The third kappa shape index (κ3) is 3.84. The Morgan fingerprint density at radius 2 is 1.88 bits per heavy atom. The predicted molar refractivity (Wildman–Crippen MR) is 97.4 cm³/mol. The third-order valence-electron chi connectivity index (χ3n) is 4.85. The maximum atomic E-state index is 12.7. The van der Waals surface area contributed by atoms with Gasteiger partial charge in [0.2, 0.25) is 0 Å². The molecule has 0 bridgehead atoms. The Morgan fingerprint density at radius 3 is 2.56 bits per heavy atom. The molecule has 2 fully saturated rings. The normalized spacial score (nSPS) is 21.1. The molecule has 1 unspecified atom stereocenters. The summed E-state index contributed by atoms with van der Waals surface area (Å²) in [5.74, 6) is -0.0265. The van der Waals surface area contributed by atoms with E-state index in [1.165, 1.54) is 11.2 Å². The Bertz CT molecular complexity index is 692. The minimum Gasteiger partial charge on any atom is -0.335 e. The second-order valence-electron chi connectivity index (χ2n) is 6.33. The van der Waals surface area contributed by atoms with Gasteiger partial charge in [0.15, 0.2) is 5.69 Å². The molecule has 1 aromatic heterocycles. The zero-order valence-electron chi connectivity index (χ0n) is 14.0. The molecule has 1 amide bonds. The number of rotatable bonds is 3. The van der Waals surface area contributed by atoms with Gasteiger partial charge in [-0.2, -0.15) is 9.90 Å². The van der Waals surface area contributed by atoms with Crippen molar-refractivity contribution in [1.82, 2.24) is 30.1 Å². The third-order valence-corrected chi connectivity index (χ3v) is 4.85. The van der Waals surface area contributed by atoms with Gasteiger partial charge in [-0.05, 0) is 25.1 Å². The number of carbonyl (C=O) groups is 1. The summed E-state index contributed by atoms with van der Waals surface area (Å²) < 4.78 is 0. The fourth-order valence-corrected chi connectivity index (χ4v) is 3.45. The number of hydrogen-bond donors (Lipinski definition) is 1. The number of hydrogen-bond acceptors (Lipinski definition) is 5. The highest BCUT2D eigenvalue weighted by molar-refractivity contribution is 5.92. The van der Waals surface area contributed by atoms with E-state index in [1.54, 1.807) is 6.20 Å². The molecule has 3 heterocycles. The molecule has 1 atom stereocenters. The maximum Gasteiger partial charge on any atom is 0.276 e. The number of benzene rings is 1. The van der Waals surface area contributed by atoms with Crippen molar-refractivity contribution in [3.05, 3.63) is 42.2 Å². The molecule has 134 valence electrons. The highest BCUT2D eigenvalue weighted by Crippen LogP contribution is 2.14. The Morgan fingerprint density at radius 1 is 1.12 bits per heavy atom. The van der Waals surface area contributed by atoms with Crippen LogP contribution >= 0.6 is 12.4 Å². The lowest BCUT2D eigenvalue weighted by Gasteiger charge is -2.37. The number of amides is 1. The number of piperazine rings is 1. The monoisotopic (exact) mass is 362 g/mol. The maximum absolute atomic E-state index is 12.7. The molecule has 0 spiro atoms. The van der Waals surface area contributed by atoms with E-state index in [1.807, 2.05) is 35.2 Å². The van der Waals surface area contributed by atoms with Gasteiger partial charge in [0.05, 0.1) is 11.9 Å². The molecular formula is C17H23ClN6O. The lowest BCUT2D eigenvalue weighted by atomic mass is 10.2. The van der Waals surface area contributed by atoms with Gasteiger partial charge in [-0.1, -0.05) is 18.2 Å². The molecule has 1 N–H and O–H groups in total. The molecule has 8 heteroatoms. The number of halogens is 1. The molecule has 0 radical (unpaired) electrons. The minimum absolute atomic E-state index is 0. The van der Waals surface area contributed by atoms with Crippen LogP contribution in [0.2, 0.25) is 0 Å². The first-order valence-corrected chi connectivity index (χ1v) is 8.53. The van der Waals surface area contributed by atoms with E-state index in [-0.39, 0.29) is 18.3 Å².